The summed E-state index contributed by atoms with van der Waals surface area (Å²) in [6.45, 7) is 2.66. The summed E-state index contributed by atoms with van der Waals surface area (Å²) in [5.41, 5.74) is 3.01. The van der Waals surface area contributed by atoms with Gasteiger partial charge in [-0.05, 0) is 30.2 Å². The lowest BCUT2D eigenvalue weighted by atomic mass is 10.1. The summed E-state index contributed by atoms with van der Waals surface area (Å²) in [5.74, 6) is 0.844. The second kappa shape index (κ2) is 9.89. The van der Waals surface area contributed by atoms with Crippen molar-refractivity contribution in [2.45, 2.75) is 13.3 Å². The molecule has 0 aliphatic carbocycles. The molecule has 1 aromatic heterocycles. The van der Waals surface area contributed by atoms with Crippen LogP contribution in [0.3, 0.4) is 0 Å². The first-order valence-electron chi connectivity index (χ1n) is 9.28. The van der Waals surface area contributed by atoms with Crippen LogP contribution in [0.5, 0.6) is 11.5 Å². The van der Waals surface area contributed by atoms with E-state index in [1.807, 2.05) is 60.8 Å². The number of ether oxygens (including phenoxy) is 3. The van der Waals surface area contributed by atoms with Gasteiger partial charge in [-0.1, -0.05) is 43.3 Å². The van der Waals surface area contributed by atoms with E-state index in [1.165, 1.54) is 18.4 Å². The van der Waals surface area contributed by atoms with Gasteiger partial charge in [-0.2, -0.15) is 0 Å². The third-order valence-corrected chi connectivity index (χ3v) is 5.05. The molecule has 0 atom stereocenters. The fourth-order valence-electron chi connectivity index (χ4n) is 2.73. The summed E-state index contributed by atoms with van der Waals surface area (Å²) in [6, 6.07) is 15.4. The van der Waals surface area contributed by atoms with Gasteiger partial charge in [0.05, 0.1) is 32.1 Å². The van der Waals surface area contributed by atoms with Gasteiger partial charge in [-0.15, -0.1) is 11.3 Å². The first-order valence-corrected chi connectivity index (χ1v) is 10.2. The highest BCUT2D eigenvalue weighted by atomic mass is 32.1. The Balaban J connectivity index is 1.96. The van der Waals surface area contributed by atoms with Crippen LogP contribution in [0, 0.1) is 0 Å². The Morgan fingerprint density at radius 3 is 2.59 bits per heavy atom. The number of hydrogen-bond donors (Lipinski definition) is 0. The maximum atomic E-state index is 12.4. The first kappa shape index (κ1) is 20.6. The number of thiazole rings is 1. The van der Waals surface area contributed by atoms with Gasteiger partial charge in [0.15, 0.2) is 11.5 Å². The topological polar surface area (TPSA) is 57.7 Å². The SMILES string of the molecule is CCCOc1ccc(/C=C(\C(=O)OC)c2nc(-c3ccccc3)cs2)cc1OC. The number of carbonyl (C=O) groups is 1. The predicted molar refractivity (Wildman–Crippen MR) is 116 cm³/mol. The van der Waals surface area contributed by atoms with Crippen LogP contribution in [0.4, 0.5) is 0 Å². The van der Waals surface area contributed by atoms with E-state index in [0.717, 1.165) is 23.2 Å². The number of aromatic nitrogens is 1. The molecule has 0 unspecified atom stereocenters. The average Bonchev–Trinajstić information content (AvgIpc) is 3.26. The molecule has 1 heterocycles. The van der Waals surface area contributed by atoms with Crippen molar-refractivity contribution in [3.05, 3.63) is 64.5 Å². The average molecular weight is 410 g/mol. The van der Waals surface area contributed by atoms with Gasteiger partial charge in [0.2, 0.25) is 0 Å². The monoisotopic (exact) mass is 409 g/mol. The van der Waals surface area contributed by atoms with Gasteiger partial charge in [0, 0.05) is 10.9 Å². The molecule has 0 spiro atoms. The molecule has 5 nitrogen and oxygen atoms in total. The van der Waals surface area contributed by atoms with Crippen LogP contribution in [0.15, 0.2) is 53.9 Å². The zero-order valence-corrected chi connectivity index (χ0v) is 17.5. The van der Waals surface area contributed by atoms with Gasteiger partial charge < -0.3 is 14.2 Å². The highest BCUT2D eigenvalue weighted by Gasteiger charge is 2.18. The van der Waals surface area contributed by atoms with Gasteiger partial charge in [0.25, 0.3) is 0 Å². The van der Waals surface area contributed by atoms with E-state index in [4.69, 9.17) is 14.2 Å². The third kappa shape index (κ3) is 5.03. The van der Waals surface area contributed by atoms with E-state index in [1.54, 1.807) is 13.2 Å². The molecule has 0 saturated carbocycles. The molecule has 0 aliphatic heterocycles. The minimum atomic E-state index is -0.441. The molecule has 0 aliphatic rings. The minimum Gasteiger partial charge on any atom is -0.493 e. The van der Waals surface area contributed by atoms with E-state index in [2.05, 4.69) is 4.98 Å². The van der Waals surface area contributed by atoms with Crippen molar-refractivity contribution in [2.75, 3.05) is 20.8 Å². The number of hydrogen-bond acceptors (Lipinski definition) is 6. The van der Waals surface area contributed by atoms with Crippen molar-refractivity contribution in [1.29, 1.82) is 0 Å². The Labute approximate surface area is 174 Å². The van der Waals surface area contributed by atoms with Crippen LogP contribution < -0.4 is 9.47 Å². The standard InChI is InChI=1S/C23H23NO4S/c1-4-12-28-20-11-10-16(14-21(20)26-2)13-18(23(25)27-3)22-24-19(15-29-22)17-8-6-5-7-9-17/h5-11,13-15H,4,12H2,1-3H3/b18-13-. The van der Waals surface area contributed by atoms with Crippen molar-refractivity contribution < 1.29 is 19.0 Å². The zero-order chi connectivity index (χ0) is 20.6. The molecular formula is C23H23NO4S. The van der Waals surface area contributed by atoms with Crippen LogP contribution in [-0.4, -0.2) is 31.8 Å². The van der Waals surface area contributed by atoms with Crippen LogP contribution in [0.2, 0.25) is 0 Å². The molecule has 0 saturated heterocycles. The number of benzene rings is 2. The smallest absolute Gasteiger partial charge is 0.340 e. The van der Waals surface area contributed by atoms with Gasteiger partial charge in [-0.3, -0.25) is 0 Å². The maximum Gasteiger partial charge on any atom is 0.340 e. The molecular weight excluding hydrogens is 386 g/mol. The molecule has 3 rings (SSSR count). The lowest BCUT2D eigenvalue weighted by Gasteiger charge is -2.11. The van der Waals surface area contributed by atoms with Crippen LogP contribution in [0.1, 0.15) is 23.9 Å². The molecule has 29 heavy (non-hydrogen) atoms. The van der Waals surface area contributed by atoms with E-state index < -0.39 is 5.97 Å². The van der Waals surface area contributed by atoms with E-state index in [-0.39, 0.29) is 0 Å². The second-order valence-corrected chi connectivity index (χ2v) is 7.07. The number of carbonyl (C=O) groups excluding carboxylic acids is 1. The molecule has 6 heteroatoms. The normalized spacial score (nSPS) is 11.2. The van der Waals surface area contributed by atoms with Crippen LogP contribution >= 0.6 is 11.3 Å². The van der Waals surface area contributed by atoms with E-state index >= 15 is 0 Å². The predicted octanol–water partition coefficient (Wildman–Crippen LogP) is 5.32. The molecule has 0 bridgehead atoms. The van der Waals surface area contributed by atoms with Crippen LogP contribution in [0.25, 0.3) is 22.9 Å². The summed E-state index contributed by atoms with van der Waals surface area (Å²) in [5, 5.41) is 2.53. The highest BCUT2D eigenvalue weighted by molar-refractivity contribution is 7.11. The Morgan fingerprint density at radius 2 is 1.90 bits per heavy atom. The quantitative estimate of drug-likeness (QED) is 0.372. The number of rotatable bonds is 8. The largest absolute Gasteiger partial charge is 0.493 e. The lowest BCUT2D eigenvalue weighted by Crippen LogP contribution is -2.04. The number of methoxy groups -OCH3 is 2. The number of nitrogens with zero attached hydrogens (tertiary/aromatic N) is 1. The van der Waals surface area contributed by atoms with Crippen molar-refractivity contribution >= 4 is 29.0 Å². The summed E-state index contributed by atoms with van der Waals surface area (Å²) in [7, 11) is 2.96. The molecule has 3 aromatic rings. The maximum absolute atomic E-state index is 12.4. The molecule has 0 N–H and O–H groups in total. The summed E-state index contributed by atoms with van der Waals surface area (Å²) >= 11 is 1.40. The van der Waals surface area contributed by atoms with Gasteiger partial charge in [0.1, 0.15) is 5.01 Å². The second-order valence-electron chi connectivity index (χ2n) is 6.21. The molecule has 0 radical (unpaired) electrons. The first-order chi connectivity index (χ1) is 14.2. The van der Waals surface area contributed by atoms with Crippen molar-refractivity contribution in [2.24, 2.45) is 0 Å². The Kier molecular flexibility index (Phi) is 7.03. The third-order valence-electron chi connectivity index (χ3n) is 4.17. The van der Waals surface area contributed by atoms with E-state index in [0.29, 0.717) is 28.7 Å². The van der Waals surface area contributed by atoms with Gasteiger partial charge in [-0.25, -0.2) is 9.78 Å². The van der Waals surface area contributed by atoms with Crippen molar-refractivity contribution in [3.8, 4) is 22.8 Å². The summed E-state index contributed by atoms with van der Waals surface area (Å²) < 4.78 is 16.1. The lowest BCUT2D eigenvalue weighted by molar-refractivity contribution is -0.133. The summed E-state index contributed by atoms with van der Waals surface area (Å²) in [4.78, 5) is 17.1. The molecule has 2 aromatic carbocycles. The number of esters is 1. The Hall–Kier alpha value is -3.12. The van der Waals surface area contributed by atoms with Gasteiger partial charge >= 0.3 is 5.97 Å². The zero-order valence-electron chi connectivity index (χ0n) is 16.7. The fourth-order valence-corrected chi connectivity index (χ4v) is 3.56. The summed E-state index contributed by atoms with van der Waals surface area (Å²) in [6.07, 6.45) is 2.66. The Morgan fingerprint density at radius 1 is 1.10 bits per heavy atom. The minimum absolute atomic E-state index is 0.393. The fraction of sp³-hybridized carbons (Fsp3) is 0.217. The molecule has 0 fully saturated rings. The van der Waals surface area contributed by atoms with Crippen LogP contribution in [-0.2, 0) is 9.53 Å². The highest BCUT2D eigenvalue weighted by Crippen LogP contribution is 2.32. The van der Waals surface area contributed by atoms with E-state index in [9.17, 15) is 4.79 Å². The molecule has 0 amide bonds. The van der Waals surface area contributed by atoms with Crippen molar-refractivity contribution in [1.82, 2.24) is 4.98 Å². The Bertz CT molecular complexity index is 995. The van der Waals surface area contributed by atoms with Crippen molar-refractivity contribution in [3.63, 3.8) is 0 Å². The molecule has 150 valence electrons.